The molecule has 0 spiro atoms. The summed E-state index contributed by atoms with van der Waals surface area (Å²) in [6.45, 7) is 4.80. The van der Waals surface area contributed by atoms with E-state index < -0.39 is 0 Å². The number of hydrogen-bond acceptors (Lipinski definition) is 5. The average Bonchev–Trinajstić information content (AvgIpc) is 2.67. The fourth-order valence-corrected chi connectivity index (χ4v) is 2.32. The molecular formula is C13H22N4O. The molecule has 1 aromatic heterocycles. The normalized spacial score (nSPS) is 20.2. The molecule has 18 heavy (non-hydrogen) atoms. The third kappa shape index (κ3) is 3.32. The van der Waals surface area contributed by atoms with Crippen LogP contribution in [0.25, 0.3) is 0 Å². The van der Waals surface area contributed by atoms with Gasteiger partial charge in [0.1, 0.15) is 12.1 Å². The first-order valence-electron chi connectivity index (χ1n) is 6.69. The summed E-state index contributed by atoms with van der Waals surface area (Å²) in [5.74, 6) is 1.60. The van der Waals surface area contributed by atoms with E-state index in [0.29, 0.717) is 18.5 Å². The zero-order chi connectivity index (χ0) is 12.8. The van der Waals surface area contributed by atoms with Crippen LogP contribution in [0.2, 0.25) is 0 Å². The van der Waals surface area contributed by atoms with Gasteiger partial charge in [-0.2, -0.15) is 0 Å². The van der Waals surface area contributed by atoms with Crippen molar-refractivity contribution in [1.82, 2.24) is 15.3 Å². The highest BCUT2D eigenvalue weighted by Crippen LogP contribution is 2.20. The fourth-order valence-electron chi connectivity index (χ4n) is 2.32. The maximum absolute atomic E-state index is 5.42. The van der Waals surface area contributed by atoms with Gasteiger partial charge in [0.2, 0.25) is 5.88 Å². The summed E-state index contributed by atoms with van der Waals surface area (Å²) in [6.07, 6.45) is 5.16. The van der Waals surface area contributed by atoms with Crippen molar-refractivity contribution in [2.24, 2.45) is 0 Å². The Morgan fingerprint density at radius 3 is 3.11 bits per heavy atom. The summed E-state index contributed by atoms with van der Waals surface area (Å²) >= 11 is 0. The van der Waals surface area contributed by atoms with E-state index in [-0.39, 0.29) is 0 Å². The van der Waals surface area contributed by atoms with Gasteiger partial charge in [-0.25, -0.2) is 9.97 Å². The zero-order valence-electron chi connectivity index (χ0n) is 11.2. The van der Waals surface area contributed by atoms with Crippen molar-refractivity contribution in [3.05, 3.63) is 12.4 Å². The molecule has 1 N–H and O–H groups in total. The van der Waals surface area contributed by atoms with E-state index in [2.05, 4.69) is 27.2 Å². The van der Waals surface area contributed by atoms with Gasteiger partial charge in [0.15, 0.2) is 0 Å². The van der Waals surface area contributed by atoms with Gasteiger partial charge in [-0.05, 0) is 39.3 Å². The van der Waals surface area contributed by atoms with Crippen LogP contribution in [0.4, 0.5) is 5.82 Å². The second-order valence-electron chi connectivity index (χ2n) is 4.59. The van der Waals surface area contributed by atoms with Crippen molar-refractivity contribution in [2.45, 2.75) is 32.2 Å². The summed E-state index contributed by atoms with van der Waals surface area (Å²) in [4.78, 5) is 10.7. The van der Waals surface area contributed by atoms with Crippen LogP contribution in [-0.2, 0) is 0 Å². The molecule has 1 unspecified atom stereocenters. The molecule has 0 radical (unpaired) electrons. The Morgan fingerprint density at radius 1 is 1.39 bits per heavy atom. The molecule has 2 rings (SSSR count). The van der Waals surface area contributed by atoms with Gasteiger partial charge in [0, 0.05) is 19.2 Å². The first kappa shape index (κ1) is 13.1. The van der Waals surface area contributed by atoms with E-state index in [1.54, 1.807) is 6.33 Å². The van der Waals surface area contributed by atoms with Crippen LogP contribution in [0.3, 0.4) is 0 Å². The van der Waals surface area contributed by atoms with E-state index in [1.165, 1.54) is 12.8 Å². The van der Waals surface area contributed by atoms with Gasteiger partial charge in [-0.3, -0.25) is 0 Å². The topological polar surface area (TPSA) is 50.3 Å². The summed E-state index contributed by atoms with van der Waals surface area (Å²) in [7, 11) is 2.11. The molecule has 1 fully saturated rings. The van der Waals surface area contributed by atoms with Gasteiger partial charge in [-0.15, -0.1) is 0 Å². The predicted molar refractivity (Wildman–Crippen MR) is 72.1 cm³/mol. The van der Waals surface area contributed by atoms with Gasteiger partial charge in [0.25, 0.3) is 0 Å². The van der Waals surface area contributed by atoms with Crippen LogP contribution in [0.5, 0.6) is 5.88 Å². The summed E-state index contributed by atoms with van der Waals surface area (Å²) in [5.41, 5.74) is 0. The second-order valence-corrected chi connectivity index (χ2v) is 4.59. The Labute approximate surface area is 109 Å². The Morgan fingerprint density at radius 2 is 2.28 bits per heavy atom. The quantitative estimate of drug-likeness (QED) is 0.876. The average molecular weight is 250 g/mol. The molecule has 1 atom stereocenters. The van der Waals surface area contributed by atoms with Crippen molar-refractivity contribution < 1.29 is 4.74 Å². The van der Waals surface area contributed by atoms with Gasteiger partial charge in [0.05, 0.1) is 6.61 Å². The lowest BCUT2D eigenvalue weighted by atomic mass is 10.1. The molecule has 0 saturated carbocycles. The number of anilines is 1. The molecule has 2 heterocycles. The van der Waals surface area contributed by atoms with Gasteiger partial charge >= 0.3 is 0 Å². The van der Waals surface area contributed by atoms with E-state index in [4.69, 9.17) is 4.74 Å². The lowest BCUT2D eigenvalue weighted by molar-refractivity contribution is 0.326. The SMILES string of the molecule is CCOc1cc(N(C)C2CCCNCC2)ncn1. The number of nitrogens with one attached hydrogen (secondary N) is 1. The first-order chi connectivity index (χ1) is 8.81. The second kappa shape index (κ2) is 6.54. The lowest BCUT2D eigenvalue weighted by Crippen LogP contribution is -2.33. The minimum atomic E-state index is 0.546. The minimum absolute atomic E-state index is 0.546. The predicted octanol–water partition coefficient (Wildman–Crippen LogP) is 1.45. The molecule has 1 saturated heterocycles. The lowest BCUT2D eigenvalue weighted by Gasteiger charge is -2.28. The summed E-state index contributed by atoms with van der Waals surface area (Å²) < 4.78 is 5.42. The molecule has 100 valence electrons. The molecule has 5 nitrogen and oxygen atoms in total. The first-order valence-corrected chi connectivity index (χ1v) is 6.69. The van der Waals surface area contributed by atoms with Crippen LogP contribution < -0.4 is 15.0 Å². The van der Waals surface area contributed by atoms with Crippen molar-refractivity contribution in [1.29, 1.82) is 0 Å². The molecular weight excluding hydrogens is 228 g/mol. The highest BCUT2D eigenvalue weighted by Gasteiger charge is 2.18. The number of rotatable bonds is 4. The Hall–Kier alpha value is -1.36. The number of ether oxygens (including phenoxy) is 1. The third-order valence-electron chi connectivity index (χ3n) is 3.37. The molecule has 0 amide bonds. The smallest absolute Gasteiger partial charge is 0.218 e. The van der Waals surface area contributed by atoms with Crippen LogP contribution >= 0.6 is 0 Å². The number of nitrogens with zero attached hydrogens (tertiary/aromatic N) is 3. The zero-order valence-corrected chi connectivity index (χ0v) is 11.2. The molecule has 0 aliphatic carbocycles. The van der Waals surface area contributed by atoms with Crippen LogP contribution in [0, 0.1) is 0 Å². The van der Waals surface area contributed by atoms with E-state index in [1.807, 2.05) is 13.0 Å². The van der Waals surface area contributed by atoms with E-state index >= 15 is 0 Å². The minimum Gasteiger partial charge on any atom is -0.478 e. The number of hydrogen-bond donors (Lipinski definition) is 1. The van der Waals surface area contributed by atoms with Gasteiger partial charge in [-0.1, -0.05) is 0 Å². The van der Waals surface area contributed by atoms with Crippen molar-refractivity contribution >= 4 is 5.82 Å². The highest BCUT2D eigenvalue weighted by molar-refractivity contribution is 5.41. The van der Waals surface area contributed by atoms with E-state index in [0.717, 1.165) is 25.3 Å². The molecule has 1 aromatic rings. The summed E-state index contributed by atoms with van der Waals surface area (Å²) in [6, 6.07) is 2.46. The molecule has 0 bridgehead atoms. The van der Waals surface area contributed by atoms with Crippen molar-refractivity contribution in [3.63, 3.8) is 0 Å². The Kier molecular flexibility index (Phi) is 4.75. The molecule has 1 aliphatic heterocycles. The van der Waals surface area contributed by atoms with Gasteiger partial charge < -0.3 is 15.0 Å². The largest absolute Gasteiger partial charge is 0.478 e. The molecule has 5 heteroatoms. The van der Waals surface area contributed by atoms with Crippen LogP contribution in [-0.4, -0.2) is 42.8 Å². The maximum Gasteiger partial charge on any atom is 0.218 e. The van der Waals surface area contributed by atoms with Crippen LogP contribution in [0.1, 0.15) is 26.2 Å². The fraction of sp³-hybridized carbons (Fsp3) is 0.692. The van der Waals surface area contributed by atoms with Crippen molar-refractivity contribution in [2.75, 3.05) is 31.6 Å². The van der Waals surface area contributed by atoms with Crippen LogP contribution in [0.15, 0.2) is 12.4 Å². The number of aromatic nitrogens is 2. The van der Waals surface area contributed by atoms with E-state index in [9.17, 15) is 0 Å². The molecule has 0 aromatic carbocycles. The monoisotopic (exact) mass is 250 g/mol. The third-order valence-corrected chi connectivity index (χ3v) is 3.37. The summed E-state index contributed by atoms with van der Waals surface area (Å²) in [5, 5.41) is 3.43. The standard InChI is InChI=1S/C13H22N4O/c1-3-18-13-9-12(15-10-16-13)17(2)11-5-4-7-14-8-6-11/h9-11,14H,3-8H2,1-2H3. The highest BCUT2D eigenvalue weighted by atomic mass is 16.5. The Bertz CT molecular complexity index is 364. The Balaban J connectivity index is 2.06. The molecule has 1 aliphatic rings. The maximum atomic E-state index is 5.42. The van der Waals surface area contributed by atoms with Crippen molar-refractivity contribution in [3.8, 4) is 5.88 Å².